The molecule has 1 amide bonds. The highest BCUT2D eigenvalue weighted by molar-refractivity contribution is 5.80. The maximum atomic E-state index is 12.6. The molecule has 0 bridgehead atoms. The van der Waals surface area contributed by atoms with Crippen molar-refractivity contribution < 1.29 is 4.79 Å². The number of aromatic nitrogens is 4. The topological polar surface area (TPSA) is 64.7 Å². The molecule has 0 unspecified atom stereocenters. The Labute approximate surface area is 147 Å². The van der Waals surface area contributed by atoms with E-state index in [-0.39, 0.29) is 17.9 Å². The zero-order valence-electron chi connectivity index (χ0n) is 14.8. The molecule has 1 atom stereocenters. The number of carbonyl (C=O) groups excluding carboxylic acids is 1. The Morgan fingerprint density at radius 2 is 1.92 bits per heavy atom. The zero-order chi connectivity index (χ0) is 17.8. The molecule has 0 spiro atoms. The second-order valence-corrected chi connectivity index (χ2v) is 6.32. The fourth-order valence-electron chi connectivity index (χ4n) is 2.85. The van der Waals surface area contributed by atoms with Crippen LogP contribution < -0.4 is 5.32 Å². The summed E-state index contributed by atoms with van der Waals surface area (Å²) in [4.78, 5) is 17.0. The third kappa shape index (κ3) is 3.63. The van der Waals surface area contributed by atoms with Gasteiger partial charge in [0.25, 0.3) is 0 Å². The van der Waals surface area contributed by atoms with E-state index in [4.69, 9.17) is 0 Å². The molecule has 3 rings (SSSR count). The van der Waals surface area contributed by atoms with E-state index >= 15 is 0 Å². The van der Waals surface area contributed by atoms with Crippen LogP contribution in [0.4, 0.5) is 0 Å². The van der Waals surface area contributed by atoms with Crippen molar-refractivity contribution in [3.8, 4) is 5.69 Å². The van der Waals surface area contributed by atoms with E-state index in [9.17, 15) is 4.79 Å². The van der Waals surface area contributed by atoms with Crippen molar-refractivity contribution >= 4 is 5.91 Å². The van der Waals surface area contributed by atoms with Crippen molar-refractivity contribution in [2.75, 3.05) is 0 Å². The van der Waals surface area contributed by atoms with Crippen molar-refractivity contribution in [3.05, 3.63) is 66.5 Å². The number of imidazole rings is 1. The van der Waals surface area contributed by atoms with Gasteiger partial charge in [0.15, 0.2) is 0 Å². The van der Waals surface area contributed by atoms with Gasteiger partial charge in [-0.3, -0.25) is 4.79 Å². The van der Waals surface area contributed by atoms with E-state index in [1.54, 1.807) is 17.1 Å². The Bertz CT molecular complexity index is 835. The van der Waals surface area contributed by atoms with Crippen LogP contribution in [-0.4, -0.2) is 25.2 Å². The number of nitrogens with zero attached hydrogens (tertiary/aromatic N) is 4. The molecule has 1 aromatic carbocycles. The number of amides is 1. The normalized spacial score (nSPS) is 12.3. The van der Waals surface area contributed by atoms with Gasteiger partial charge in [-0.05, 0) is 24.6 Å². The second kappa shape index (κ2) is 7.34. The van der Waals surface area contributed by atoms with Gasteiger partial charge >= 0.3 is 0 Å². The molecule has 0 fully saturated rings. The van der Waals surface area contributed by atoms with Crippen LogP contribution in [0.25, 0.3) is 5.69 Å². The van der Waals surface area contributed by atoms with Crippen LogP contribution >= 0.6 is 0 Å². The molecule has 3 aromatic rings. The van der Waals surface area contributed by atoms with E-state index in [0.717, 1.165) is 17.1 Å². The average molecular weight is 337 g/mol. The van der Waals surface area contributed by atoms with Gasteiger partial charge in [0.05, 0.1) is 5.69 Å². The Balaban J connectivity index is 1.72. The molecule has 2 heterocycles. The van der Waals surface area contributed by atoms with Crippen LogP contribution in [0.1, 0.15) is 44.1 Å². The van der Waals surface area contributed by atoms with Crippen LogP contribution in [0, 0.1) is 0 Å². The highest BCUT2D eigenvalue weighted by atomic mass is 16.2. The van der Waals surface area contributed by atoms with Gasteiger partial charge in [0, 0.05) is 37.3 Å². The van der Waals surface area contributed by atoms with Crippen LogP contribution in [0.5, 0.6) is 0 Å². The van der Waals surface area contributed by atoms with Crippen molar-refractivity contribution in [1.29, 1.82) is 0 Å². The molecule has 0 aliphatic rings. The van der Waals surface area contributed by atoms with Gasteiger partial charge in [-0.25, -0.2) is 9.67 Å². The lowest BCUT2D eigenvalue weighted by Crippen LogP contribution is -2.31. The third-order valence-electron chi connectivity index (χ3n) is 4.21. The summed E-state index contributed by atoms with van der Waals surface area (Å²) in [7, 11) is 0. The van der Waals surface area contributed by atoms with E-state index in [2.05, 4.69) is 29.2 Å². The molecule has 0 saturated carbocycles. The van der Waals surface area contributed by atoms with Crippen LogP contribution in [0.3, 0.4) is 0 Å². The van der Waals surface area contributed by atoms with Gasteiger partial charge in [0.2, 0.25) is 5.91 Å². The summed E-state index contributed by atoms with van der Waals surface area (Å²) in [5.74, 6) is 1.15. The number of nitrogens with one attached hydrogen (secondary N) is 1. The molecule has 0 aliphatic heterocycles. The van der Waals surface area contributed by atoms with Crippen LogP contribution in [0.2, 0.25) is 0 Å². The molecule has 6 nitrogen and oxygen atoms in total. The molecule has 130 valence electrons. The molecular weight excluding hydrogens is 314 g/mol. The lowest BCUT2D eigenvalue weighted by molar-refractivity contribution is -0.124. The van der Waals surface area contributed by atoms with Crippen LogP contribution in [-0.2, 0) is 11.3 Å². The highest BCUT2D eigenvalue weighted by Gasteiger charge is 2.19. The maximum Gasteiger partial charge on any atom is 0.243 e. The standard InChI is InChI=1S/C19H23N5O/c1-14(2)18-20-10-12-23(18)15(3)19(25)21-13-16-7-4-5-8-17(16)24-11-6-9-22-24/h4-12,14-15H,13H2,1-3H3,(H,21,25)/t15-/m1/s1. The summed E-state index contributed by atoms with van der Waals surface area (Å²) in [6, 6.07) is 9.49. The van der Waals surface area contributed by atoms with Crippen molar-refractivity contribution in [3.63, 3.8) is 0 Å². The third-order valence-corrected chi connectivity index (χ3v) is 4.21. The predicted octanol–water partition coefficient (Wildman–Crippen LogP) is 3.07. The largest absolute Gasteiger partial charge is 0.350 e. The summed E-state index contributed by atoms with van der Waals surface area (Å²) >= 11 is 0. The van der Waals surface area contributed by atoms with Gasteiger partial charge in [-0.2, -0.15) is 5.10 Å². The molecule has 25 heavy (non-hydrogen) atoms. The van der Waals surface area contributed by atoms with E-state index < -0.39 is 0 Å². The van der Waals surface area contributed by atoms with Gasteiger partial charge in [-0.1, -0.05) is 32.0 Å². The first-order chi connectivity index (χ1) is 12.1. The predicted molar refractivity (Wildman–Crippen MR) is 96.4 cm³/mol. The number of benzene rings is 1. The minimum atomic E-state index is -0.309. The first kappa shape index (κ1) is 17.0. The highest BCUT2D eigenvalue weighted by Crippen LogP contribution is 2.18. The minimum absolute atomic E-state index is 0.0323. The Kier molecular flexibility index (Phi) is 4.97. The summed E-state index contributed by atoms with van der Waals surface area (Å²) in [6.07, 6.45) is 7.23. The van der Waals surface area contributed by atoms with E-state index in [1.807, 2.05) is 54.2 Å². The molecular formula is C19H23N5O. The summed E-state index contributed by atoms with van der Waals surface area (Å²) < 4.78 is 3.73. The smallest absolute Gasteiger partial charge is 0.243 e. The van der Waals surface area contributed by atoms with E-state index in [1.165, 1.54) is 0 Å². The fraction of sp³-hybridized carbons (Fsp3) is 0.316. The summed E-state index contributed by atoms with van der Waals surface area (Å²) in [5, 5.41) is 7.30. The second-order valence-electron chi connectivity index (χ2n) is 6.32. The molecule has 0 saturated heterocycles. The zero-order valence-corrected chi connectivity index (χ0v) is 14.8. The Hall–Kier alpha value is -2.89. The number of para-hydroxylation sites is 1. The monoisotopic (exact) mass is 337 g/mol. The maximum absolute atomic E-state index is 12.6. The summed E-state index contributed by atoms with van der Waals surface area (Å²) in [5.41, 5.74) is 1.98. The molecule has 0 radical (unpaired) electrons. The van der Waals surface area contributed by atoms with Crippen molar-refractivity contribution in [2.24, 2.45) is 0 Å². The lowest BCUT2D eigenvalue weighted by Gasteiger charge is -2.18. The SMILES string of the molecule is CC(C)c1nccn1[C@H](C)C(=O)NCc1ccccc1-n1cccn1. The van der Waals surface area contributed by atoms with Crippen molar-refractivity contribution in [1.82, 2.24) is 24.6 Å². The average Bonchev–Trinajstić information content (AvgIpc) is 3.30. The molecule has 1 N–H and O–H groups in total. The molecule has 6 heteroatoms. The number of rotatable bonds is 6. The summed E-state index contributed by atoms with van der Waals surface area (Å²) in [6.45, 7) is 6.49. The minimum Gasteiger partial charge on any atom is -0.350 e. The fourth-order valence-corrected chi connectivity index (χ4v) is 2.85. The number of hydrogen-bond acceptors (Lipinski definition) is 3. The van der Waals surface area contributed by atoms with Crippen LogP contribution in [0.15, 0.2) is 55.1 Å². The first-order valence-corrected chi connectivity index (χ1v) is 8.46. The lowest BCUT2D eigenvalue weighted by atomic mass is 10.1. The van der Waals surface area contributed by atoms with E-state index in [0.29, 0.717) is 6.54 Å². The van der Waals surface area contributed by atoms with Gasteiger partial charge < -0.3 is 9.88 Å². The number of hydrogen-bond donors (Lipinski definition) is 1. The Morgan fingerprint density at radius 1 is 1.12 bits per heavy atom. The van der Waals surface area contributed by atoms with Gasteiger partial charge in [-0.15, -0.1) is 0 Å². The van der Waals surface area contributed by atoms with Crippen molar-refractivity contribution in [2.45, 2.75) is 39.3 Å². The van der Waals surface area contributed by atoms with Gasteiger partial charge in [0.1, 0.15) is 11.9 Å². The molecule has 0 aliphatic carbocycles. The number of carbonyl (C=O) groups is 1. The molecule has 2 aromatic heterocycles. The Morgan fingerprint density at radius 3 is 2.64 bits per heavy atom. The first-order valence-electron chi connectivity index (χ1n) is 8.46. The quantitative estimate of drug-likeness (QED) is 0.752.